The van der Waals surface area contributed by atoms with Gasteiger partial charge in [0.25, 0.3) is 5.69 Å². The van der Waals surface area contributed by atoms with E-state index in [9.17, 15) is 19.6 Å². The molecule has 0 bridgehead atoms. The van der Waals surface area contributed by atoms with Gasteiger partial charge in [-0.1, -0.05) is 54.1 Å². The molecular weight excluding hydrogens is 423 g/mol. The molecule has 0 saturated carbocycles. The van der Waals surface area contributed by atoms with E-state index in [1.165, 1.54) is 6.07 Å². The molecule has 162 valence electrons. The summed E-state index contributed by atoms with van der Waals surface area (Å²) in [5.41, 5.74) is 2.82. The Hall–Kier alpha value is -3.00. The van der Waals surface area contributed by atoms with Gasteiger partial charge in [-0.2, -0.15) is 0 Å². The van der Waals surface area contributed by atoms with Crippen LogP contribution in [0.2, 0.25) is 5.02 Å². The van der Waals surface area contributed by atoms with E-state index in [2.05, 4.69) is 5.32 Å². The van der Waals surface area contributed by atoms with E-state index in [0.717, 1.165) is 35.2 Å². The molecule has 3 aromatic carbocycles. The maximum atomic E-state index is 13.8. The van der Waals surface area contributed by atoms with Gasteiger partial charge in [0.1, 0.15) is 12.7 Å². The molecule has 3 rings (SSSR count). The summed E-state index contributed by atoms with van der Waals surface area (Å²) < 4.78 is 19.0. The molecule has 0 amide bonds. The summed E-state index contributed by atoms with van der Waals surface area (Å²) in [7, 11) is 0. The third-order valence-electron chi connectivity index (χ3n) is 4.67. The third kappa shape index (κ3) is 6.49. The number of hydrogen-bond donors (Lipinski definition) is 2. The van der Waals surface area contributed by atoms with Crippen LogP contribution in [0.4, 0.5) is 10.1 Å². The normalized spacial score (nSPS) is 11.8. The van der Waals surface area contributed by atoms with Crippen molar-refractivity contribution >= 4 is 17.3 Å². The lowest BCUT2D eigenvalue weighted by atomic mass is 10.0. The second-order valence-electron chi connectivity index (χ2n) is 6.97. The molecular formula is C23H22ClFN2O4. The van der Waals surface area contributed by atoms with Gasteiger partial charge in [0, 0.05) is 23.2 Å². The predicted octanol–water partition coefficient (Wildman–Crippen LogP) is 4.63. The van der Waals surface area contributed by atoms with Crippen LogP contribution in [-0.4, -0.2) is 35.8 Å². The zero-order valence-corrected chi connectivity index (χ0v) is 17.4. The topological polar surface area (TPSA) is 84.6 Å². The zero-order valence-electron chi connectivity index (χ0n) is 16.6. The standard InChI is InChI=1S/C23H22ClFN2O4/c24-21-4-2-1-3-20(21)17-7-5-16(6-8-17)11-12-26-14-19(28)15-31-23-10-9-18(27(29)30)13-22(23)25/h1-10,13,19,26,28H,11-12,14-15H2. The highest BCUT2D eigenvalue weighted by atomic mass is 35.5. The second kappa shape index (κ2) is 10.9. The smallest absolute Gasteiger partial charge is 0.272 e. The lowest BCUT2D eigenvalue weighted by Gasteiger charge is -2.14. The molecule has 0 radical (unpaired) electrons. The minimum absolute atomic E-state index is 0.131. The third-order valence-corrected chi connectivity index (χ3v) is 5.00. The fourth-order valence-electron chi connectivity index (χ4n) is 3.01. The Morgan fingerprint density at radius 1 is 1.13 bits per heavy atom. The van der Waals surface area contributed by atoms with Crippen LogP contribution in [0.3, 0.4) is 0 Å². The second-order valence-corrected chi connectivity index (χ2v) is 7.37. The van der Waals surface area contributed by atoms with Crippen molar-refractivity contribution in [2.75, 3.05) is 19.7 Å². The number of ether oxygens (including phenoxy) is 1. The summed E-state index contributed by atoms with van der Waals surface area (Å²) in [5, 5.41) is 24.5. The average molecular weight is 445 g/mol. The van der Waals surface area contributed by atoms with Crippen LogP contribution in [0.5, 0.6) is 5.75 Å². The van der Waals surface area contributed by atoms with Crippen molar-refractivity contribution in [1.29, 1.82) is 0 Å². The largest absolute Gasteiger partial charge is 0.488 e. The van der Waals surface area contributed by atoms with Crippen molar-refractivity contribution in [2.45, 2.75) is 12.5 Å². The first-order chi connectivity index (χ1) is 14.9. The van der Waals surface area contributed by atoms with E-state index in [4.69, 9.17) is 16.3 Å². The molecule has 31 heavy (non-hydrogen) atoms. The minimum Gasteiger partial charge on any atom is -0.488 e. The van der Waals surface area contributed by atoms with Crippen molar-refractivity contribution in [3.8, 4) is 16.9 Å². The monoisotopic (exact) mass is 444 g/mol. The van der Waals surface area contributed by atoms with Crippen molar-refractivity contribution in [1.82, 2.24) is 5.32 Å². The van der Waals surface area contributed by atoms with E-state index in [-0.39, 0.29) is 24.6 Å². The van der Waals surface area contributed by atoms with Gasteiger partial charge in [0.2, 0.25) is 0 Å². The van der Waals surface area contributed by atoms with Gasteiger partial charge in [-0.3, -0.25) is 10.1 Å². The fraction of sp³-hybridized carbons (Fsp3) is 0.217. The Bertz CT molecular complexity index is 1030. The highest BCUT2D eigenvalue weighted by molar-refractivity contribution is 6.33. The summed E-state index contributed by atoms with van der Waals surface area (Å²) in [5.74, 6) is -0.974. The number of nitrogens with zero attached hydrogens (tertiary/aromatic N) is 1. The molecule has 1 atom stereocenters. The van der Waals surface area contributed by atoms with Gasteiger partial charge in [-0.15, -0.1) is 0 Å². The Labute approximate surface area is 184 Å². The van der Waals surface area contributed by atoms with Gasteiger partial charge in [0.05, 0.1) is 11.0 Å². The highest BCUT2D eigenvalue weighted by Gasteiger charge is 2.13. The Kier molecular flexibility index (Phi) is 7.94. The van der Waals surface area contributed by atoms with Crippen molar-refractivity contribution in [3.05, 3.63) is 93.2 Å². The number of nitro groups is 1. The molecule has 1 unspecified atom stereocenters. The lowest BCUT2D eigenvalue weighted by Crippen LogP contribution is -2.32. The SMILES string of the molecule is O=[N+]([O-])c1ccc(OCC(O)CNCCc2ccc(-c3ccccc3Cl)cc2)c(F)c1. The van der Waals surface area contributed by atoms with Gasteiger partial charge in [0.15, 0.2) is 11.6 Å². The Morgan fingerprint density at radius 3 is 2.55 bits per heavy atom. The first-order valence-electron chi connectivity index (χ1n) is 9.73. The first kappa shape index (κ1) is 22.7. The summed E-state index contributed by atoms with van der Waals surface area (Å²) >= 11 is 6.23. The molecule has 0 spiro atoms. The quantitative estimate of drug-likeness (QED) is 0.270. The maximum Gasteiger partial charge on any atom is 0.272 e. The molecule has 0 aliphatic heterocycles. The minimum atomic E-state index is -0.850. The van der Waals surface area contributed by atoms with Gasteiger partial charge in [-0.25, -0.2) is 4.39 Å². The van der Waals surface area contributed by atoms with Crippen LogP contribution in [0.25, 0.3) is 11.1 Å². The van der Waals surface area contributed by atoms with Crippen LogP contribution in [0, 0.1) is 15.9 Å². The molecule has 3 aromatic rings. The maximum absolute atomic E-state index is 13.8. The fourth-order valence-corrected chi connectivity index (χ4v) is 3.26. The predicted molar refractivity (Wildman–Crippen MR) is 118 cm³/mol. The number of nitro benzene ring substituents is 1. The highest BCUT2D eigenvalue weighted by Crippen LogP contribution is 2.27. The van der Waals surface area contributed by atoms with Gasteiger partial charge >= 0.3 is 0 Å². The molecule has 0 saturated heterocycles. The number of aliphatic hydroxyl groups is 1. The number of nitrogens with one attached hydrogen (secondary N) is 1. The van der Waals surface area contributed by atoms with E-state index >= 15 is 0 Å². The van der Waals surface area contributed by atoms with Crippen molar-refractivity contribution in [3.63, 3.8) is 0 Å². The number of rotatable bonds is 10. The van der Waals surface area contributed by atoms with Gasteiger partial charge < -0.3 is 15.2 Å². The van der Waals surface area contributed by atoms with Crippen molar-refractivity contribution < 1.29 is 19.2 Å². The van der Waals surface area contributed by atoms with Crippen LogP contribution in [0.1, 0.15) is 5.56 Å². The lowest BCUT2D eigenvalue weighted by molar-refractivity contribution is -0.385. The summed E-state index contributed by atoms with van der Waals surface area (Å²) in [6.45, 7) is 0.787. The van der Waals surface area contributed by atoms with Crippen LogP contribution in [0.15, 0.2) is 66.7 Å². The summed E-state index contributed by atoms with van der Waals surface area (Å²) in [6.07, 6.45) is -0.0786. The Balaban J connectivity index is 1.39. The number of hydrogen-bond acceptors (Lipinski definition) is 5. The summed E-state index contributed by atoms with van der Waals surface area (Å²) in [6, 6.07) is 18.9. The van der Waals surface area contributed by atoms with E-state index in [0.29, 0.717) is 11.6 Å². The first-order valence-corrected chi connectivity index (χ1v) is 10.1. The summed E-state index contributed by atoms with van der Waals surface area (Å²) in [4.78, 5) is 9.93. The molecule has 2 N–H and O–H groups in total. The molecule has 6 nitrogen and oxygen atoms in total. The molecule has 0 aromatic heterocycles. The number of halogens is 2. The average Bonchev–Trinajstić information content (AvgIpc) is 2.76. The van der Waals surface area contributed by atoms with Crippen LogP contribution >= 0.6 is 11.6 Å². The molecule has 8 heteroatoms. The number of benzene rings is 3. The van der Waals surface area contributed by atoms with E-state index < -0.39 is 16.8 Å². The van der Waals surface area contributed by atoms with Crippen molar-refractivity contribution in [2.24, 2.45) is 0 Å². The van der Waals surface area contributed by atoms with E-state index in [1.54, 1.807) is 0 Å². The molecule has 0 aliphatic carbocycles. The van der Waals surface area contributed by atoms with E-state index in [1.807, 2.05) is 48.5 Å². The molecule has 0 heterocycles. The number of aliphatic hydroxyl groups excluding tert-OH is 1. The molecule has 0 fully saturated rings. The van der Waals surface area contributed by atoms with Crippen LogP contribution in [-0.2, 0) is 6.42 Å². The molecule has 0 aliphatic rings. The number of non-ortho nitro benzene ring substituents is 1. The Morgan fingerprint density at radius 2 is 1.87 bits per heavy atom. The zero-order chi connectivity index (χ0) is 22.2. The van der Waals surface area contributed by atoms with Crippen LogP contribution < -0.4 is 10.1 Å². The van der Waals surface area contributed by atoms with Gasteiger partial charge in [-0.05, 0) is 36.2 Å².